The summed E-state index contributed by atoms with van der Waals surface area (Å²) in [6.45, 7) is 8.61. The predicted octanol–water partition coefficient (Wildman–Crippen LogP) is 4.88. The van der Waals surface area contributed by atoms with E-state index in [1.165, 1.54) is 32.1 Å². The molecule has 0 bridgehead atoms. The number of hydrogen-bond donors (Lipinski definition) is 0. The van der Waals surface area contributed by atoms with Crippen molar-refractivity contribution in [2.75, 3.05) is 6.61 Å². The van der Waals surface area contributed by atoms with Crippen LogP contribution in [0.2, 0.25) is 0 Å². The average molecular weight is 254 g/mol. The molecule has 0 radical (unpaired) electrons. The van der Waals surface area contributed by atoms with E-state index >= 15 is 0 Å². The van der Waals surface area contributed by atoms with E-state index in [0.29, 0.717) is 13.0 Å². The largest absolute Gasteiger partial charge is 0.466 e. The van der Waals surface area contributed by atoms with Crippen LogP contribution in [0, 0.1) is 5.92 Å². The van der Waals surface area contributed by atoms with Crippen LogP contribution in [-0.2, 0) is 9.53 Å². The van der Waals surface area contributed by atoms with Gasteiger partial charge in [0.2, 0.25) is 0 Å². The van der Waals surface area contributed by atoms with Gasteiger partial charge >= 0.3 is 5.97 Å². The van der Waals surface area contributed by atoms with Gasteiger partial charge in [-0.05, 0) is 38.0 Å². The molecule has 0 aromatic rings. The Bertz CT molecular complexity index is 211. The van der Waals surface area contributed by atoms with Gasteiger partial charge in [-0.15, -0.1) is 6.58 Å². The molecule has 106 valence electrons. The number of rotatable bonds is 12. The van der Waals surface area contributed by atoms with Crippen LogP contribution >= 0.6 is 0 Å². The molecule has 0 fully saturated rings. The first-order valence-corrected chi connectivity index (χ1v) is 7.47. The van der Waals surface area contributed by atoms with Gasteiger partial charge in [-0.25, -0.2) is 0 Å². The molecule has 0 heterocycles. The van der Waals surface area contributed by atoms with Gasteiger partial charge in [0.25, 0.3) is 0 Å². The lowest BCUT2D eigenvalue weighted by molar-refractivity contribution is -0.143. The van der Waals surface area contributed by atoms with Crippen LogP contribution in [0.5, 0.6) is 0 Å². The average Bonchev–Trinajstić information content (AvgIpc) is 2.35. The van der Waals surface area contributed by atoms with Gasteiger partial charge in [-0.3, -0.25) is 4.79 Å². The van der Waals surface area contributed by atoms with Crippen molar-refractivity contribution in [2.45, 2.75) is 71.6 Å². The maximum atomic E-state index is 11.1. The second-order valence-electron chi connectivity index (χ2n) is 5.14. The SMILES string of the molecule is C=CCCCCCC(C)CCCOC(=O)CCC. The summed E-state index contributed by atoms with van der Waals surface area (Å²) in [6.07, 6.45) is 11.9. The first-order valence-electron chi connectivity index (χ1n) is 7.47. The van der Waals surface area contributed by atoms with Crippen molar-refractivity contribution < 1.29 is 9.53 Å². The molecule has 2 nitrogen and oxygen atoms in total. The minimum Gasteiger partial charge on any atom is -0.466 e. The second kappa shape index (κ2) is 12.7. The second-order valence-corrected chi connectivity index (χ2v) is 5.14. The molecule has 2 heteroatoms. The van der Waals surface area contributed by atoms with Crippen LogP contribution in [-0.4, -0.2) is 12.6 Å². The minimum atomic E-state index is -0.0467. The Morgan fingerprint density at radius 1 is 1.22 bits per heavy atom. The van der Waals surface area contributed by atoms with Gasteiger partial charge in [0.15, 0.2) is 0 Å². The summed E-state index contributed by atoms with van der Waals surface area (Å²) in [6, 6.07) is 0. The Morgan fingerprint density at radius 3 is 2.61 bits per heavy atom. The molecule has 0 aliphatic carbocycles. The fraction of sp³-hybridized carbons (Fsp3) is 0.812. The normalized spacial score (nSPS) is 12.1. The van der Waals surface area contributed by atoms with Crippen LogP contribution in [0.3, 0.4) is 0 Å². The van der Waals surface area contributed by atoms with Crippen LogP contribution in [0.25, 0.3) is 0 Å². The Labute approximate surface area is 113 Å². The lowest BCUT2D eigenvalue weighted by Crippen LogP contribution is -2.06. The molecule has 1 atom stereocenters. The third-order valence-electron chi connectivity index (χ3n) is 3.16. The molecular weight excluding hydrogens is 224 g/mol. The number of ether oxygens (including phenoxy) is 1. The van der Waals surface area contributed by atoms with E-state index in [-0.39, 0.29) is 5.97 Å². The molecule has 0 amide bonds. The summed E-state index contributed by atoms with van der Waals surface area (Å²) in [5.41, 5.74) is 0. The van der Waals surface area contributed by atoms with Crippen molar-refractivity contribution >= 4 is 5.97 Å². The molecule has 18 heavy (non-hydrogen) atoms. The number of allylic oxidation sites excluding steroid dienone is 1. The molecule has 0 aromatic carbocycles. The van der Waals surface area contributed by atoms with Crippen molar-refractivity contribution in [1.29, 1.82) is 0 Å². The molecule has 0 saturated heterocycles. The zero-order valence-electron chi connectivity index (χ0n) is 12.2. The van der Waals surface area contributed by atoms with Gasteiger partial charge in [-0.1, -0.05) is 39.2 Å². The summed E-state index contributed by atoms with van der Waals surface area (Å²) >= 11 is 0. The number of esters is 1. The van der Waals surface area contributed by atoms with Crippen LogP contribution < -0.4 is 0 Å². The summed E-state index contributed by atoms with van der Waals surface area (Å²) in [7, 11) is 0. The van der Waals surface area contributed by atoms with Crippen molar-refractivity contribution in [3.8, 4) is 0 Å². The maximum Gasteiger partial charge on any atom is 0.305 e. The highest BCUT2D eigenvalue weighted by Gasteiger charge is 2.04. The first-order chi connectivity index (χ1) is 8.70. The highest BCUT2D eigenvalue weighted by Crippen LogP contribution is 2.15. The molecule has 0 rings (SSSR count). The third kappa shape index (κ3) is 11.7. The first kappa shape index (κ1) is 17.2. The lowest BCUT2D eigenvalue weighted by atomic mass is 9.98. The molecule has 0 aliphatic rings. The van der Waals surface area contributed by atoms with Crippen molar-refractivity contribution in [2.24, 2.45) is 5.92 Å². The molecule has 0 spiro atoms. The van der Waals surface area contributed by atoms with Gasteiger partial charge in [0.1, 0.15) is 0 Å². The highest BCUT2D eigenvalue weighted by atomic mass is 16.5. The van der Waals surface area contributed by atoms with Crippen molar-refractivity contribution in [3.63, 3.8) is 0 Å². The summed E-state index contributed by atoms with van der Waals surface area (Å²) in [5, 5.41) is 0. The Balaban J connectivity index is 3.28. The Morgan fingerprint density at radius 2 is 1.94 bits per heavy atom. The van der Waals surface area contributed by atoms with E-state index in [9.17, 15) is 4.79 Å². The smallest absolute Gasteiger partial charge is 0.305 e. The van der Waals surface area contributed by atoms with Gasteiger partial charge < -0.3 is 4.74 Å². The molecule has 0 saturated carbocycles. The maximum absolute atomic E-state index is 11.1. The number of carbonyl (C=O) groups excluding carboxylic acids is 1. The third-order valence-corrected chi connectivity index (χ3v) is 3.16. The zero-order valence-corrected chi connectivity index (χ0v) is 12.2. The summed E-state index contributed by atoms with van der Waals surface area (Å²) in [5.74, 6) is 0.702. The van der Waals surface area contributed by atoms with Crippen LogP contribution in [0.15, 0.2) is 12.7 Å². The van der Waals surface area contributed by atoms with Crippen LogP contribution in [0.4, 0.5) is 0 Å². The van der Waals surface area contributed by atoms with Crippen LogP contribution in [0.1, 0.15) is 71.6 Å². The molecule has 1 unspecified atom stereocenters. The Kier molecular flexibility index (Phi) is 12.1. The van der Waals surface area contributed by atoms with E-state index < -0.39 is 0 Å². The molecule has 0 aromatic heterocycles. The highest BCUT2D eigenvalue weighted by molar-refractivity contribution is 5.69. The molecule has 0 aliphatic heterocycles. The number of unbranched alkanes of at least 4 members (excludes halogenated alkanes) is 3. The minimum absolute atomic E-state index is 0.0467. The molecule has 0 N–H and O–H groups in total. The standard InChI is InChI=1S/C16H30O2/c1-4-6-7-8-9-12-15(3)13-10-14-18-16(17)11-5-2/h4,15H,1,5-14H2,2-3H3. The van der Waals surface area contributed by atoms with Gasteiger partial charge in [0, 0.05) is 6.42 Å². The van der Waals surface area contributed by atoms with Gasteiger partial charge in [-0.2, -0.15) is 0 Å². The summed E-state index contributed by atoms with van der Waals surface area (Å²) < 4.78 is 5.14. The Hall–Kier alpha value is -0.790. The van der Waals surface area contributed by atoms with E-state index in [0.717, 1.165) is 25.2 Å². The van der Waals surface area contributed by atoms with E-state index in [2.05, 4.69) is 13.5 Å². The van der Waals surface area contributed by atoms with E-state index in [1.54, 1.807) is 0 Å². The quantitative estimate of drug-likeness (QED) is 0.282. The fourth-order valence-electron chi connectivity index (χ4n) is 2.00. The topological polar surface area (TPSA) is 26.3 Å². The predicted molar refractivity (Wildman–Crippen MR) is 77.5 cm³/mol. The lowest BCUT2D eigenvalue weighted by Gasteiger charge is -2.11. The number of hydrogen-bond acceptors (Lipinski definition) is 2. The van der Waals surface area contributed by atoms with Crippen molar-refractivity contribution in [1.82, 2.24) is 0 Å². The number of carbonyl (C=O) groups is 1. The van der Waals surface area contributed by atoms with E-state index in [4.69, 9.17) is 4.74 Å². The zero-order chi connectivity index (χ0) is 13.6. The van der Waals surface area contributed by atoms with E-state index in [1.807, 2.05) is 13.0 Å². The monoisotopic (exact) mass is 254 g/mol. The molecular formula is C16H30O2. The summed E-state index contributed by atoms with van der Waals surface area (Å²) in [4.78, 5) is 11.1. The fourth-order valence-corrected chi connectivity index (χ4v) is 2.00. The van der Waals surface area contributed by atoms with Gasteiger partial charge in [0.05, 0.1) is 6.61 Å². The van der Waals surface area contributed by atoms with Crippen molar-refractivity contribution in [3.05, 3.63) is 12.7 Å².